The molecule has 0 spiro atoms. The van der Waals surface area contributed by atoms with Crippen LogP contribution in [0, 0.1) is 5.92 Å². The molecule has 2 aromatic heterocycles. The smallest absolute Gasteiger partial charge is 0.230 e. The van der Waals surface area contributed by atoms with Crippen molar-refractivity contribution in [2.75, 3.05) is 6.54 Å². The zero-order chi connectivity index (χ0) is 13.1. The normalized spacial score (nSPS) is 23.4. The van der Waals surface area contributed by atoms with Crippen molar-refractivity contribution in [3.63, 3.8) is 0 Å². The first-order valence-electron chi connectivity index (χ1n) is 6.82. The minimum atomic E-state index is 0.321. The Morgan fingerprint density at radius 3 is 2.79 bits per heavy atom. The van der Waals surface area contributed by atoms with Crippen LogP contribution in [0.25, 0.3) is 11.4 Å². The first kappa shape index (κ1) is 12.3. The van der Waals surface area contributed by atoms with Crippen LogP contribution >= 0.6 is 0 Å². The van der Waals surface area contributed by atoms with Gasteiger partial charge in [-0.2, -0.15) is 4.98 Å². The maximum atomic E-state index is 5.85. The minimum absolute atomic E-state index is 0.321. The third-order valence-electron chi connectivity index (χ3n) is 3.91. The van der Waals surface area contributed by atoms with Crippen molar-refractivity contribution in [1.29, 1.82) is 0 Å². The molecule has 2 heterocycles. The molecule has 5 nitrogen and oxygen atoms in total. The number of pyridine rings is 1. The van der Waals surface area contributed by atoms with Crippen LogP contribution in [0.15, 0.2) is 29.0 Å². The van der Waals surface area contributed by atoms with E-state index in [9.17, 15) is 0 Å². The molecule has 1 aliphatic carbocycles. The summed E-state index contributed by atoms with van der Waals surface area (Å²) in [7, 11) is 0. The van der Waals surface area contributed by atoms with Gasteiger partial charge in [0.05, 0.1) is 0 Å². The zero-order valence-electron chi connectivity index (χ0n) is 10.8. The van der Waals surface area contributed by atoms with Gasteiger partial charge in [-0.05, 0) is 37.4 Å². The molecule has 2 unspecified atom stereocenters. The number of hydrogen-bond donors (Lipinski definition) is 1. The lowest BCUT2D eigenvalue weighted by atomic mass is 9.79. The van der Waals surface area contributed by atoms with Crippen LogP contribution in [0.4, 0.5) is 0 Å². The molecule has 5 heteroatoms. The summed E-state index contributed by atoms with van der Waals surface area (Å²) >= 11 is 0. The Kier molecular flexibility index (Phi) is 3.55. The fourth-order valence-corrected chi connectivity index (χ4v) is 2.82. The van der Waals surface area contributed by atoms with E-state index in [4.69, 9.17) is 10.3 Å². The fourth-order valence-electron chi connectivity index (χ4n) is 2.82. The van der Waals surface area contributed by atoms with Crippen molar-refractivity contribution in [2.45, 2.75) is 31.6 Å². The Balaban J connectivity index is 1.84. The van der Waals surface area contributed by atoms with Crippen LogP contribution in [0.5, 0.6) is 0 Å². The molecule has 19 heavy (non-hydrogen) atoms. The summed E-state index contributed by atoms with van der Waals surface area (Å²) in [5.74, 6) is 2.17. The molecule has 1 saturated carbocycles. The number of hydrogen-bond acceptors (Lipinski definition) is 5. The van der Waals surface area contributed by atoms with Crippen LogP contribution in [-0.2, 0) is 0 Å². The van der Waals surface area contributed by atoms with Gasteiger partial charge in [0.2, 0.25) is 11.7 Å². The first-order chi connectivity index (χ1) is 9.38. The van der Waals surface area contributed by atoms with E-state index in [2.05, 4.69) is 15.1 Å². The second kappa shape index (κ2) is 5.48. The molecule has 0 saturated heterocycles. The summed E-state index contributed by atoms with van der Waals surface area (Å²) in [6.07, 6.45) is 8.19. The zero-order valence-corrected chi connectivity index (χ0v) is 10.8. The lowest BCUT2D eigenvalue weighted by molar-refractivity contribution is 0.249. The summed E-state index contributed by atoms with van der Waals surface area (Å²) in [6.45, 7) is 0.692. The van der Waals surface area contributed by atoms with E-state index in [0.29, 0.717) is 24.2 Å². The fraction of sp³-hybridized carbons (Fsp3) is 0.500. The predicted molar refractivity (Wildman–Crippen MR) is 71.3 cm³/mol. The molecule has 0 bridgehead atoms. The second-order valence-corrected chi connectivity index (χ2v) is 5.08. The number of nitrogens with two attached hydrogens (primary N) is 1. The van der Waals surface area contributed by atoms with Crippen molar-refractivity contribution in [3.05, 3.63) is 30.4 Å². The summed E-state index contributed by atoms with van der Waals surface area (Å²) in [4.78, 5) is 8.53. The summed E-state index contributed by atoms with van der Waals surface area (Å²) in [5, 5.41) is 4.08. The molecular weight excluding hydrogens is 240 g/mol. The molecule has 0 aliphatic heterocycles. The maximum Gasteiger partial charge on any atom is 0.230 e. The topological polar surface area (TPSA) is 77.8 Å². The third kappa shape index (κ3) is 2.51. The van der Waals surface area contributed by atoms with Gasteiger partial charge in [-0.1, -0.05) is 18.0 Å². The Morgan fingerprint density at radius 2 is 2.00 bits per heavy atom. The van der Waals surface area contributed by atoms with Crippen molar-refractivity contribution in [3.8, 4) is 11.4 Å². The quantitative estimate of drug-likeness (QED) is 0.914. The molecular formula is C14H18N4O. The monoisotopic (exact) mass is 258 g/mol. The summed E-state index contributed by atoms with van der Waals surface area (Å²) in [6, 6.07) is 3.77. The highest BCUT2D eigenvalue weighted by atomic mass is 16.5. The van der Waals surface area contributed by atoms with Crippen molar-refractivity contribution < 1.29 is 4.52 Å². The molecule has 0 aromatic carbocycles. The highest BCUT2D eigenvalue weighted by Gasteiger charge is 2.30. The Labute approximate surface area is 112 Å². The number of nitrogens with zero attached hydrogens (tertiary/aromatic N) is 3. The maximum absolute atomic E-state index is 5.85. The van der Waals surface area contributed by atoms with Gasteiger partial charge in [0, 0.05) is 23.9 Å². The van der Waals surface area contributed by atoms with E-state index >= 15 is 0 Å². The first-order valence-corrected chi connectivity index (χ1v) is 6.82. The number of aromatic nitrogens is 3. The Hall–Kier alpha value is -1.75. The van der Waals surface area contributed by atoms with E-state index in [1.165, 1.54) is 12.8 Å². The molecule has 0 amide bonds. The molecule has 0 radical (unpaired) electrons. The van der Waals surface area contributed by atoms with Crippen LogP contribution in [0.3, 0.4) is 0 Å². The Morgan fingerprint density at radius 1 is 1.21 bits per heavy atom. The van der Waals surface area contributed by atoms with E-state index in [1.807, 2.05) is 12.1 Å². The SMILES string of the molecule is NCC1CCCCC1c1nc(-c2ccncc2)no1. The second-order valence-electron chi connectivity index (χ2n) is 5.08. The van der Waals surface area contributed by atoms with Gasteiger partial charge in [0.1, 0.15) is 0 Å². The van der Waals surface area contributed by atoms with Gasteiger partial charge < -0.3 is 10.3 Å². The van der Waals surface area contributed by atoms with Gasteiger partial charge in [-0.3, -0.25) is 4.98 Å². The molecule has 2 N–H and O–H groups in total. The van der Waals surface area contributed by atoms with E-state index in [0.717, 1.165) is 24.3 Å². The highest BCUT2D eigenvalue weighted by molar-refractivity contribution is 5.52. The average molecular weight is 258 g/mol. The molecule has 2 aromatic rings. The van der Waals surface area contributed by atoms with Gasteiger partial charge in [-0.15, -0.1) is 0 Å². The molecule has 3 rings (SSSR count). The molecule has 1 aliphatic rings. The average Bonchev–Trinajstić information content (AvgIpc) is 2.98. The highest BCUT2D eigenvalue weighted by Crippen LogP contribution is 2.36. The molecule has 1 fully saturated rings. The van der Waals surface area contributed by atoms with Crippen LogP contribution < -0.4 is 5.73 Å². The third-order valence-corrected chi connectivity index (χ3v) is 3.91. The predicted octanol–water partition coefficient (Wildman–Crippen LogP) is 2.36. The van der Waals surface area contributed by atoms with E-state index in [-0.39, 0.29) is 0 Å². The lowest BCUT2D eigenvalue weighted by Crippen LogP contribution is -2.25. The van der Waals surface area contributed by atoms with Crippen molar-refractivity contribution in [2.24, 2.45) is 11.7 Å². The van der Waals surface area contributed by atoms with Crippen LogP contribution in [0.2, 0.25) is 0 Å². The minimum Gasteiger partial charge on any atom is -0.339 e. The van der Waals surface area contributed by atoms with Crippen molar-refractivity contribution >= 4 is 0 Å². The standard InChI is InChI=1S/C14H18N4O/c15-9-11-3-1-2-4-12(11)14-17-13(18-19-14)10-5-7-16-8-6-10/h5-8,11-12H,1-4,9,15H2. The van der Waals surface area contributed by atoms with Crippen molar-refractivity contribution in [1.82, 2.24) is 15.1 Å². The summed E-state index contributed by atoms with van der Waals surface area (Å²) in [5.41, 5.74) is 6.79. The lowest BCUT2D eigenvalue weighted by Gasteiger charge is -2.27. The van der Waals surface area contributed by atoms with Crippen LogP contribution in [0.1, 0.15) is 37.5 Å². The van der Waals surface area contributed by atoms with Crippen LogP contribution in [-0.4, -0.2) is 21.7 Å². The van der Waals surface area contributed by atoms with Gasteiger partial charge >= 0.3 is 0 Å². The van der Waals surface area contributed by atoms with Gasteiger partial charge in [-0.25, -0.2) is 0 Å². The summed E-state index contributed by atoms with van der Waals surface area (Å²) < 4.78 is 5.45. The van der Waals surface area contributed by atoms with E-state index < -0.39 is 0 Å². The van der Waals surface area contributed by atoms with E-state index in [1.54, 1.807) is 12.4 Å². The Bertz CT molecular complexity index is 525. The number of rotatable bonds is 3. The molecule has 2 atom stereocenters. The molecule has 100 valence electrons. The van der Waals surface area contributed by atoms with Gasteiger partial charge in [0.25, 0.3) is 0 Å². The largest absolute Gasteiger partial charge is 0.339 e. The van der Waals surface area contributed by atoms with Gasteiger partial charge in [0.15, 0.2) is 0 Å².